The Balaban J connectivity index is 1.02. The van der Waals surface area contributed by atoms with E-state index >= 15 is 0 Å². The molecule has 1 aliphatic rings. The maximum atomic E-state index is 13.4. The molecule has 0 saturated heterocycles. The number of carbonyl (C=O) groups excluding carboxylic acids is 2. The second-order valence-electron chi connectivity index (χ2n) is 13.2. The average Bonchev–Trinajstić information content (AvgIpc) is 3.86. The van der Waals surface area contributed by atoms with Gasteiger partial charge in [-0.05, 0) is 74.9 Å². The van der Waals surface area contributed by atoms with Crippen molar-refractivity contribution in [2.45, 2.75) is 35.2 Å². The first-order chi connectivity index (χ1) is 27.4. The summed E-state index contributed by atoms with van der Waals surface area (Å²) in [5.41, 5.74) is 2.41. The van der Waals surface area contributed by atoms with Gasteiger partial charge in [-0.1, -0.05) is 41.7 Å². The molecule has 7 rings (SSSR count). The molecule has 1 atom stereocenters. The molecule has 0 fully saturated rings. The van der Waals surface area contributed by atoms with Gasteiger partial charge in [-0.15, -0.1) is 23.1 Å². The van der Waals surface area contributed by atoms with Gasteiger partial charge >= 0.3 is 5.69 Å². The zero-order valence-corrected chi connectivity index (χ0v) is 33.9. The van der Waals surface area contributed by atoms with Gasteiger partial charge < -0.3 is 15.1 Å². The number of nitrogens with zero attached hydrogens (tertiary/aromatic N) is 7. The summed E-state index contributed by atoms with van der Waals surface area (Å²) in [7, 11) is -0.683. The van der Waals surface area contributed by atoms with Gasteiger partial charge in [-0.2, -0.15) is 0 Å². The molecule has 0 unspecified atom stereocenters. The van der Waals surface area contributed by atoms with Gasteiger partial charge in [0.05, 0.1) is 11.1 Å². The first-order valence-electron chi connectivity index (χ1n) is 17.6. The molecule has 6 aromatic rings. The van der Waals surface area contributed by atoms with Crippen LogP contribution in [0.1, 0.15) is 38.4 Å². The second-order valence-corrected chi connectivity index (χ2v) is 17.8. The normalized spacial score (nSPS) is 13.3. The molecule has 5 heterocycles. The van der Waals surface area contributed by atoms with Crippen LogP contribution in [0.15, 0.2) is 94.3 Å². The van der Waals surface area contributed by atoms with Gasteiger partial charge in [0, 0.05) is 53.0 Å². The summed E-state index contributed by atoms with van der Waals surface area (Å²) in [4.78, 5) is 61.1. The lowest BCUT2D eigenvalue weighted by Gasteiger charge is -2.29. The van der Waals surface area contributed by atoms with E-state index in [0.29, 0.717) is 64.4 Å². The number of benzene rings is 2. The number of rotatable bonds is 15. The molecule has 0 radical (unpaired) electrons. The van der Waals surface area contributed by atoms with Crippen LogP contribution in [0.2, 0.25) is 0 Å². The molecule has 0 saturated carbocycles. The Kier molecular flexibility index (Phi) is 12.0. The molecule has 4 aromatic heterocycles. The number of amides is 2. The van der Waals surface area contributed by atoms with Crippen molar-refractivity contribution in [1.82, 2.24) is 29.6 Å². The largest absolute Gasteiger partial charge is 0.361 e. The molecule has 2 amide bonds. The predicted octanol–water partition coefficient (Wildman–Crippen LogP) is 5.80. The van der Waals surface area contributed by atoms with Crippen molar-refractivity contribution in [2.24, 2.45) is 0 Å². The van der Waals surface area contributed by atoms with Crippen molar-refractivity contribution in [1.29, 1.82) is 0 Å². The standard InChI is InChI=1S/C37H36N10O6S4/c1-45(2)16-14-24(21-54-25-9-4-3-5-10-25)40-32-31(47(50)51)18-26(19-39-32)57(52,53)44-34(49)30-22-55-37(42-30)46-17-13-23-8-6-11-27(28(23)20-46)33(48)43-36-41-29-12-7-15-38-35(29)56-36/h3-12,15,18-19,22,24H,13-14,16-17,20-21H2,1-2H3,(H3-,39,40,41,43,44,48,49,50,51)/p+1/t24-/m1/s1. The quantitative estimate of drug-likeness (QED) is 0.0713. The first kappa shape index (κ1) is 39.7. The smallest absolute Gasteiger partial charge is 0.359 e. The van der Waals surface area contributed by atoms with E-state index in [2.05, 4.69) is 30.6 Å². The molecular weight excluding hydrogens is 809 g/mol. The molecule has 4 N–H and O–H groups in total. The molecule has 0 spiro atoms. The highest BCUT2D eigenvalue weighted by molar-refractivity contribution is 7.99. The average molecular weight is 846 g/mol. The molecular formula is C37H37N10O6S4+. The summed E-state index contributed by atoms with van der Waals surface area (Å²) < 4.78 is 28.8. The third-order valence-corrected chi connectivity index (χ3v) is 13.2. The predicted molar refractivity (Wildman–Crippen MR) is 220 cm³/mol. The van der Waals surface area contributed by atoms with Gasteiger partial charge in [0.25, 0.3) is 26.8 Å². The minimum Gasteiger partial charge on any atom is -0.361 e. The van der Waals surface area contributed by atoms with Crippen molar-refractivity contribution in [3.05, 3.63) is 112 Å². The number of nitrogens with one attached hydrogen (secondary N) is 3. The maximum Gasteiger partial charge on any atom is 0.359 e. The van der Waals surface area contributed by atoms with Gasteiger partial charge in [0.2, 0.25) is 5.82 Å². The third-order valence-electron chi connectivity index (χ3n) is 8.95. The summed E-state index contributed by atoms with van der Waals surface area (Å²) in [6.45, 7) is 1.60. The molecule has 2 aromatic carbocycles. The monoisotopic (exact) mass is 845 g/mol. The molecule has 16 nitrogen and oxygen atoms in total. The van der Waals surface area contributed by atoms with E-state index in [1.54, 1.807) is 30.1 Å². The van der Waals surface area contributed by atoms with Crippen molar-refractivity contribution >= 4 is 88.4 Å². The van der Waals surface area contributed by atoms with E-state index in [1.165, 1.54) is 16.7 Å². The Bertz CT molecular complexity index is 2520. The van der Waals surface area contributed by atoms with Gasteiger partial charge in [0.15, 0.2) is 10.3 Å². The number of aromatic nitrogens is 4. The van der Waals surface area contributed by atoms with Crippen molar-refractivity contribution < 1.29 is 28.1 Å². The lowest BCUT2D eigenvalue weighted by atomic mass is 9.94. The molecule has 0 aliphatic carbocycles. The van der Waals surface area contributed by atoms with Crippen LogP contribution in [0.3, 0.4) is 0 Å². The molecule has 294 valence electrons. The number of thioether (sulfide) groups is 1. The SMILES string of the molecule is CN(C)CC[C@H](CSc1ccccc1)Nc1ncc(S(=O)(=O)NC(=O)c2csc(N3CCc4cccc(C(=O)Nc5nc6cccnc6s5)c4C3)n2)cc1[N+](=O)O. The number of pyridine rings is 2. The molecule has 20 heteroatoms. The lowest BCUT2D eigenvalue weighted by Crippen LogP contribution is -2.33. The van der Waals surface area contributed by atoms with Gasteiger partial charge in [-0.25, -0.2) is 38.3 Å². The zero-order chi connectivity index (χ0) is 40.1. The topological polar surface area (TPSA) is 203 Å². The van der Waals surface area contributed by atoms with Crippen LogP contribution in [0, 0.1) is 4.91 Å². The number of fused-ring (bicyclic) bond motifs is 2. The first-order valence-corrected chi connectivity index (χ1v) is 21.8. The Hall–Kier alpha value is -5.54. The van der Waals surface area contributed by atoms with Crippen LogP contribution in [0.5, 0.6) is 0 Å². The van der Waals surface area contributed by atoms with E-state index in [1.807, 2.05) is 77.1 Å². The second kappa shape index (κ2) is 17.3. The highest BCUT2D eigenvalue weighted by atomic mass is 32.2. The van der Waals surface area contributed by atoms with Gasteiger partial charge in [0.1, 0.15) is 20.9 Å². The van der Waals surface area contributed by atoms with Crippen LogP contribution < -0.4 is 20.3 Å². The summed E-state index contributed by atoms with van der Waals surface area (Å²) in [6.07, 6.45) is 3.95. The summed E-state index contributed by atoms with van der Waals surface area (Å²) >= 11 is 4.04. The fraction of sp³-hybridized carbons (Fsp3) is 0.243. The fourth-order valence-electron chi connectivity index (χ4n) is 6.05. The van der Waals surface area contributed by atoms with Crippen LogP contribution >= 0.6 is 34.4 Å². The Labute approximate surface area is 340 Å². The van der Waals surface area contributed by atoms with Crippen molar-refractivity contribution in [3.63, 3.8) is 0 Å². The van der Waals surface area contributed by atoms with E-state index < -0.39 is 31.4 Å². The van der Waals surface area contributed by atoms with Crippen LogP contribution in [0.25, 0.3) is 10.3 Å². The number of carbonyl (C=O) groups is 2. The highest BCUT2D eigenvalue weighted by Crippen LogP contribution is 2.32. The third kappa shape index (κ3) is 9.54. The fourth-order valence-corrected chi connectivity index (χ4v) is 9.60. The lowest BCUT2D eigenvalue weighted by molar-refractivity contribution is -0.729. The van der Waals surface area contributed by atoms with E-state index in [-0.39, 0.29) is 23.5 Å². The van der Waals surface area contributed by atoms with Crippen molar-refractivity contribution in [2.75, 3.05) is 48.5 Å². The number of hydrogen-bond donors (Lipinski definition) is 4. The number of sulfonamides is 1. The summed E-state index contributed by atoms with van der Waals surface area (Å²) in [5.74, 6) is -0.726. The highest BCUT2D eigenvalue weighted by Gasteiger charge is 2.30. The van der Waals surface area contributed by atoms with Crippen LogP contribution in [-0.4, -0.2) is 94.2 Å². The van der Waals surface area contributed by atoms with Gasteiger partial charge in [-0.3, -0.25) is 14.9 Å². The minimum absolute atomic E-state index is 0.0165. The van der Waals surface area contributed by atoms with E-state index in [4.69, 9.17) is 0 Å². The Morgan fingerprint density at radius 2 is 1.88 bits per heavy atom. The molecule has 0 bridgehead atoms. The molecule has 1 aliphatic heterocycles. The van der Waals surface area contributed by atoms with Crippen LogP contribution in [0.4, 0.5) is 21.8 Å². The Morgan fingerprint density at radius 1 is 1.05 bits per heavy atom. The minimum atomic E-state index is -4.56. The Morgan fingerprint density at radius 3 is 2.65 bits per heavy atom. The number of anilines is 3. The zero-order valence-electron chi connectivity index (χ0n) is 30.7. The summed E-state index contributed by atoms with van der Waals surface area (Å²) in [5, 5.41) is 18.4. The van der Waals surface area contributed by atoms with Crippen molar-refractivity contribution in [3.8, 4) is 0 Å². The summed E-state index contributed by atoms with van der Waals surface area (Å²) in [6, 6.07) is 19.7. The van der Waals surface area contributed by atoms with Crippen LogP contribution in [-0.2, 0) is 23.0 Å². The van der Waals surface area contributed by atoms with E-state index in [0.717, 1.165) is 39.6 Å². The van der Waals surface area contributed by atoms with E-state index in [9.17, 15) is 28.1 Å². The number of thiazole rings is 2. The molecule has 57 heavy (non-hydrogen) atoms. The number of hydrogen-bond acceptors (Lipinski definition) is 15. The maximum absolute atomic E-state index is 13.4.